The molecule has 1 unspecified atom stereocenters. The van der Waals surface area contributed by atoms with Gasteiger partial charge in [-0.15, -0.1) is 0 Å². The third-order valence-corrected chi connectivity index (χ3v) is 3.22. The molecule has 0 aliphatic carbocycles. The summed E-state index contributed by atoms with van der Waals surface area (Å²) in [7, 11) is 0. The van der Waals surface area contributed by atoms with Gasteiger partial charge in [0.2, 0.25) is 0 Å². The number of rotatable bonds is 7. The Morgan fingerprint density at radius 3 is 2.20 bits per heavy atom. The summed E-state index contributed by atoms with van der Waals surface area (Å²) in [4.78, 5) is 0. The van der Waals surface area contributed by atoms with Crippen molar-refractivity contribution >= 4 is 0 Å². The van der Waals surface area contributed by atoms with E-state index in [1.54, 1.807) is 0 Å². The van der Waals surface area contributed by atoms with Gasteiger partial charge in [-0.1, -0.05) is 36.2 Å². The Labute approximate surface area is 119 Å². The van der Waals surface area contributed by atoms with Gasteiger partial charge in [-0.25, -0.2) is 0 Å². The fourth-order valence-electron chi connectivity index (χ4n) is 2.43. The van der Waals surface area contributed by atoms with Crippen molar-refractivity contribution in [2.75, 3.05) is 6.54 Å². The summed E-state index contributed by atoms with van der Waals surface area (Å²) in [5.41, 5.74) is 3.42. The van der Waals surface area contributed by atoms with Gasteiger partial charge in [-0.3, -0.25) is 0 Å². The van der Waals surface area contributed by atoms with Crippen LogP contribution < -0.4 is 5.32 Å². The molecule has 1 nitrogen and oxygen atoms in total. The molecule has 0 saturated carbocycles. The minimum Gasteiger partial charge on any atom is -0.314 e. The summed E-state index contributed by atoms with van der Waals surface area (Å²) in [5.74, 6) is 0. The maximum atomic E-state index is 12.4. The molecule has 1 atom stereocenters. The third kappa shape index (κ3) is 6.94. The van der Waals surface area contributed by atoms with E-state index in [0.29, 0.717) is 6.42 Å². The highest BCUT2D eigenvalue weighted by atomic mass is 19.4. The highest BCUT2D eigenvalue weighted by Crippen LogP contribution is 2.23. The first kappa shape index (κ1) is 17.0. The zero-order valence-electron chi connectivity index (χ0n) is 12.5. The summed E-state index contributed by atoms with van der Waals surface area (Å²) < 4.78 is 37.1. The van der Waals surface area contributed by atoms with Gasteiger partial charge in [0.1, 0.15) is 0 Å². The summed E-state index contributed by atoms with van der Waals surface area (Å²) in [5, 5.41) is 3.23. The molecule has 4 heteroatoms. The topological polar surface area (TPSA) is 12.0 Å². The molecule has 0 fully saturated rings. The summed E-state index contributed by atoms with van der Waals surface area (Å²) in [6, 6.07) is 6.08. The Morgan fingerprint density at radius 2 is 1.70 bits per heavy atom. The van der Waals surface area contributed by atoms with Crippen LogP contribution in [0.4, 0.5) is 13.2 Å². The molecule has 0 radical (unpaired) electrons. The van der Waals surface area contributed by atoms with E-state index in [1.165, 1.54) is 0 Å². The Balaban J connectivity index is 2.67. The first-order chi connectivity index (χ1) is 9.30. The lowest BCUT2D eigenvalue weighted by Crippen LogP contribution is -2.33. The number of benzene rings is 1. The van der Waals surface area contributed by atoms with Crippen LogP contribution in [0.3, 0.4) is 0 Å². The van der Waals surface area contributed by atoms with Crippen molar-refractivity contribution < 1.29 is 13.2 Å². The Morgan fingerprint density at radius 1 is 1.10 bits per heavy atom. The number of alkyl halides is 3. The Hall–Kier alpha value is -1.03. The van der Waals surface area contributed by atoms with Crippen molar-refractivity contribution in [1.29, 1.82) is 0 Å². The van der Waals surface area contributed by atoms with Crippen LogP contribution in [0.25, 0.3) is 0 Å². The van der Waals surface area contributed by atoms with Crippen LogP contribution in [0.5, 0.6) is 0 Å². The minimum atomic E-state index is -4.07. The minimum absolute atomic E-state index is 0.113. The van der Waals surface area contributed by atoms with E-state index >= 15 is 0 Å². The molecule has 0 aliphatic heterocycles. The van der Waals surface area contributed by atoms with Gasteiger partial charge in [-0.05, 0) is 45.2 Å². The molecule has 0 amide bonds. The first-order valence-corrected chi connectivity index (χ1v) is 7.17. The number of nitrogens with one attached hydrogen (secondary N) is 1. The van der Waals surface area contributed by atoms with Crippen LogP contribution in [0, 0.1) is 13.8 Å². The van der Waals surface area contributed by atoms with Crippen LogP contribution in [-0.2, 0) is 6.42 Å². The Kier molecular flexibility index (Phi) is 6.53. The van der Waals surface area contributed by atoms with Crippen molar-refractivity contribution in [3.63, 3.8) is 0 Å². The van der Waals surface area contributed by atoms with E-state index in [4.69, 9.17) is 0 Å². The Bertz CT molecular complexity index is 392. The van der Waals surface area contributed by atoms with Gasteiger partial charge in [0, 0.05) is 12.5 Å². The number of halogens is 3. The summed E-state index contributed by atoms with van der Waals surface area (Å²) in [6.45, 7) is 6.80. The maximum absolute atomic E-state index is 12.4. The third-order valence-electron chi connectivity index (χ3n) is 3.22. The van der Waals surface area contributed by atoms with E-state index in [0.717, 1.165) is 29.7 Å². The molecule has 0 saturated heterocycles. The molecule has 1 aromatic carbocycles. The molecule has 114 valence electrons. The van der Waals surface area contributed by atoms with Crippen molar-refractivity contribution in [3.05, 3.63) is 34.9 Å². The van der Waals surface area contributed by atoms with Crippen molar-refractivity contribution in [2.45, 2.75) is 58.7 Å². The fraction of sp³-hybridized carbons (Fsp3) is 0.625. The van der Waals surface area contributed by atoms with Crippen molar-refractivity contribution in [3.8, 4) is 0 Å². The molecular weight excluding hydrogens is 263 g/mol. The zero-order valence-corrected chi connectivity index (χ0v) is 12.5. The number of hydrogen-bond donors (Lipinski definition) is 1. The van der Waals surface area contributed by atoms with Crippen molar-refractivity contribution in [1.82, 2.24) is 5.32 Å². The largest absolute Gasteiger partial charge is 0.389 e. The SMILES string of the molecule is CCCNC(CCC(F)(F)F)Cc1cc(C)cc(C)c1. The molecule has 20 heavy (non-hydrogen) atoms. The quantitative estimate of drug-likeness (QED) is 0.775. The van der Waals surface area contributed by atoms with Crippen LogP contribution in [-0.4, -0.2) is 18.8 Å². The van der Waals surface area contributed by atoms with E-state index in [9.17, 15) is 13.2 Å². The highest BCUT2D eigenvalue weighted by molar-refractivity contribution is 5.29. The van der Waals surface area contributed by atoms with Crippen LogP contribution >= 0.6 is 0 Å². The van der Waals surface area contributed by atoms with Gasteiger partial charge < -0.3 is 5.32 Å². The predicted octanol–water partition coefficient (Wildman–Crippen LogP) is 4.56. The zero-order chi connectivity index (χ0) is 15.2. The lowest BCUT2D eigenvalue weighted by Gasteiger charge is -2.20. The van der Waals surface area contributed by atoms with Crippen molar-refractivity contribution in [2.24, 2.45) is 0 Å². The lowest BCUT2D eigenvalue weighted by atomic mass is 9.98. The molecule has 0 aromatic heterocycles. The molecular formula is C16H24F3N. The molecule has 0 aliphatic rings. The molecule has 1 N–H and O–H groups in total. The van der Waals surface area contributed by atoms with Gasteiger partial charge in [0.25, 0.3) is 0 Å². The van der Waals surface area contributed by atoms with Gasteiger partial charge in [-0.2, -0.15) is 13.2 Å². The lowest BCUT2D eigenvalue weighted by molar-refractivity contribution is -0.136. The summed E-state index contributed by atoms with van der Waals surface area (Å²) in [6.07, 6.45) is -3.09. The monoisotopic (exact) mass is 287 g/mol. The highest BCUT2D eigenvalue weighted by Gasteiger charge is 2.28. The van der Waals surface area contributed by atoms with E-state index < -0.39 is 12.6 Å². The van der Waals surface area contributed by atoms with Crippen LogP contribution in [0.15, 0.2) is 18.2 Å². The van der Waals surface area contributed by atoms with E-state index in [1.807, 2.05) is 20.8 Å². The predicted molar refractivity (Wildman–Crippen MR) is 77.0 cm³/mol. The van der Waals surface area contributed by atoms with Crippen LogP contribution in [0.2, 0.25) is 0 Å². The van der Waals surface area contributed by atoms with E-state index in [-0.39, 0.29) is 12.5 Å². The second-order valence-electron chi connectivity index (χ2n) is 5.50. The molecule has 0 spiro atoms. The van der Waals surface area contributed by atoms with Gasteiger partial charge >= 0.3 is 6.18 Å². The van der Waals surface area contributed by atoms with Crippen LogP contribution in [0.1, 0.15) is 42.9 Å². The smallest absolute Gasteiger partial charge is 0.314 e. The molecule has 1 rings (SSSR count). The number of aryl methyl sites for hydroxylation is 2. The molecule has 1 aromatic rings. The summed E-state index contributed by atoms with van der Waals surface area (Å²) >= 11 is 0. The average Bonchev–Trinajstić information content (AvgIpc) is 2.30. The second kappa shape index (κ2) is 7.67. The fourth-order valence-corrected chi connectivity index (χ4v) is 2.43. The first-order valence-electron chi connectivity index (χ1n) is 7.17. The normalized spacial score (nSPS) is 13.5. The molecule has 0 heterocycles. The molecule has 0 bridgehead atoms. The van der Waals surface area contributed by atoms with Gasteiger partial charge in [0.15, 0.2) is 0 Å². The maximum Gasteiger partial charge on any atom is 0.389 e. The second-order valence-corrected chi connectivity index (χ2v) is 5.50. The van der Waals surface area contributed by atoms with Gasteiger partial charge in [0.05, 0.1) is 0 Å². The standard InChI is InChI=1S/C16H24F3N/c1-4-7-20-15(5-6-16(17,18)19)11-14-9-12(2)8-13(3)10-14/h8-10,15,20H,4-7,11H2,1-3H3. The number of hydrogen-bond acceptors (Lipinski definition) is 1. The van der Waals surface area contributed by atoms with E-state index in [2.05, 4.69) is 23.5 Å². The average molecular weight is 287 g/mol.